The van der Waals surface area contributed by atoms with Crippen molar-refractivity contribution in [3.63, 3.8) is 0 Å². The first-order valence-electron chi connectivity index (χ1n) is 7.87. The molecule has 0 amide bonds. The maximum Gasteiger partial charge on any atom is 0.433 e. The van der Waals surface area contributed by atoms with Gasteiger partial charge >= 0.3 is 12.4 Å². The molecular weight excluding hydrogens is 435 g/mol. The summed E-state index contributed by atoms with van der Waals surface area (Å²) in [5.74, 6) is -0.531. The monoisotopic (exact) mass is 447 g/mol. The third kappa shape index (κ3) is 5.11. The van der Waals surface area contributed by atoms with Crippen LogP contribution in [0.3, 0.4) is 0 Å². The van der Waals surface area contributed by atoms with Gasteiger partial charge < -0.3 is 5.32 Å². The van der Waals surface area contributed by atoms with Crippen LogP contribution in [0.1, 0.15) is 31.0 Å². The molecule has 1 heterocycles. The summed E-state index contributed by atoms with van der Waals surface area (Å²) in [6.07, 6.45) is -8.53. The number of halogens is 8. The van der Waals surface area contributed by atoms with Crippen molar-refractivity contribution in [2.75, 3.05) is 5.32 Å². The number of nitrogens with one attached hydrogen (secondary N) is 1. The smallest absolute Gasteiger partial charge is 0.323 e. The Morgan fingerprint density at radius 3 is 2.07 bits per heavy atom. The number of benzene rings is 1. The molecule has 1 aromatic heterocycles. The third-order valence-electron chi connectivity index (χ3n) is 3.64. The van der Waals surface area contributed by atoms with Gasteiger partial charge in [0.1, 0.15) is 0 Å². The molecule has 0 bridgehead atoms. The first kappa shape index (κ1) is 22.4. The van der Waals surface area contributed by atoms with Gasteiger partial charge in [0, 0.05) is 12.6 Å². The Bertz CT molecular complexity index is 901. The van der Waals surface area contributed by atoms with Crippen LogP contribution in [0.5, 0.6) is 0 Å². The van der Waals surface area contributed by atoms with Gasteiger partial charge in [-0.25, -0.2) is 4.98 Å². The molecule has 154 valence electrons. The molecule has 4 nitrogen and oxygen atoms in total. The normalized spacial score (nSPS) is 12.3. The molecule has 0 saturated heterocycles. The molecule has 0 aliphatic rings. The van der Waals surface area contributed by atoms with Gasteiger partial charge in [-0.1, -0.05) is 36.5 Å². The van der Waals surface area contributed by atoms with E-state index in [1.54, 1.807) is 6.92 Å². The highest BCUT2D eigenvalue weighted by atomic mass is 35.5. The molecule has 1 aromatic carbocycles. The minimum Gasteiger partial charge on any atom is -0.323 e. The van der Waals surface area contributed by atoms with Crippen molar-refractivity contribution < 1.29 is 26.3 Å². The molecular formula is C16H13Cl2F6N3O. The van der Waals surface area contributed by atoms with Crippen LogP contribution in [-0.2, 0) is 18.9 Å². The molecule has 0 atom stereocenters. The van der Waals surface area contributed by atoms with E-state index in [-0.39, 0.29) is 12.2 Å². The molecule has 2 aromatic rings. The molecule has 2 rings (SSSR count). The first-order valence-corrected chi connectivity index (χ1v) is 8.62. The van der Waals surface area contributed by atoms with E-state index in [9.17, 15) is 31.1 Å². The van der Waals surface area contributed by atoms with E-state index < -0.39 is 45.2 Å². The summed E-state index contributed by atoms with van der Waals surface area (Å²) in [7, 11) is 0. The van der Waals surface area contributed by atoms with Gasteiger partial charge in [0.15, 0.2) is 5.69 Å². The number of anilines is 2. The Balaban J connectivity index is 2.58. The highest BCUT2D eigenvalue weighted by molar-refractivity contribution is 6.39. The maximum absolute atomic E-state index is 13.0. The summed E-state index contributed by atoms with van der Waals surface area (Å²) < 4.78 is 78.4. The number of unbranched alkanes of at least 4 members (excludes halogenated alkanes) is 1. The number of nitrogens with zero attached hydrogens (tertiary/aromatic N) is 2. The predicted molar refractivity (Wildman–Crippen MR) is 93.2 cm³/mol. The van der Waals surface area contributed by atoms with E-state index in [1.165, 1.54) is 0 Å². The van der Waals surface area contributed by atoms with E-state index in [4.69, 9.17) is 23.2 Å². The molecule has 0 aliphatic heterocycles. The fraction of sp³-hybridized carbons (Fsp3) is 0.375. The van der Waals surface area contributed by atoms with E-state index in [0.29, 0.717) is 31.0 Å². The summed E-state index contributed by atoms with van der Waals surface area (Å²) in [4.78, 5) is 15.5. The van der Waals surface area contributed by atoms with Crippen LogP contribution in [0.4, 0.5) is 38.0 Å². The number of hydrogen-bond donors (Lipinski definition) is 1. The number of aromatic nitrogens is 2. The van der Waals surface area contributed by atoms with E-state index in [1.807, 2.05) is 0 Å². The van der Waals surface area contributed by atoms with Crippen LogP contribution in [-0.4, -0.2) is 9.55 Å². The standard InChI is InChI=1S/C16H13Cl2F6N3O/c1-2-3-4-27-12(28)7-11(16(22,23)24)25-14(27)26-13-9(17)5-8(6-10(13)18)15(19,20)21/h5-7H,2-4H2,1H3,(H,25,26). The molecule has 28 heavy (non-hydrogen) atoms. The van der Waals surface area contributed by atoms with Crippen molar-refractivity contribution >= 4 is 34.8 Å². The van der Waals surface area contributed by atoms with Gasteiger partial charge in [-0.2, -0.15) is 26.3 Å². The largest absolute Gasteiger partial charge is 0.433 e. The van der Waals surface area contributed by atoms with Crippen LogP contribution in [0.2, 0.25) is 10.0 Å². The average Bonchev–Trinajstić information content (AvgIpc) is 2.55. The average molecular weight is 448 g/mol. The first-order chi connectivity index (χ1) is 12.8. The van der Waals surface area contributed by atoms with Crippen LogP contribution in [0.25, 0.3) is 0 Å². The SMILES string of the molecule is CCCCn1c(Nc2c(Cl)cc(C(F)(F)F)cc2Cl)nc(C(F)(F)F)cc1=O. The van der Waals surface area contributed by atoms with Gasteiger partial charge in [0.05, 0.1) is 21.3 Å². The zero-order valence-corrected chi connectivity index (χ0v) is 15.7. The quantitative estimate of drug-likeness (QED) is 0.560. The molecule has 0 aliphatic carbocycles. The number of alkyl halides is 6. The van der Waals surface area contributed by atoms with Gasteiger partial charge in [-0.3, -0.25) is 9.36 Å². The van der Waals surface area contributed by atoms with Crippen molar-refractivity contribution in [2.45, 2.75) is 38.7 Å². The van der Waals surface area contributed by atoms with Crippen molar-refractivity contribution in [1.29, 1.82) is 0 Å². The lowest BCUT2D eigenvalue weighted by Gasteiger charge is -2.18. The summed E-state index contributed by atoms with van der Waals surface area (Å²) in [5, 5.41) is 1.39. The maximum atomic E-state index is 13.0. The number of rotatable bonds is 5. The minimum atomic E-state index is -4.90. The van der Waals surface area contributed by atoms with Crippen LogP contribution < -0.4 is 10.9 Å². The van der Waals surface area contributed by atoms with E-state index in [0.717, 1.165) is 4.57 Å². The van der Waals surface area contributed by atoms with Crippen LogP contribution in [0, 0.1) is 0 Å². The van der Waals surface area contributed by atoms with Gasteiger partial charge in [0.2, 0.25) is 5.95 Å². The molecule has 1 N–H and O–H groups in total. The summed E-state index contributed by atoms with van der Waals surface area (Å²) in [6, 6.07) is 1.48. The Hall–Kier alpha value is -1.94. The molecule has 0 unspecified atom stereocenters. The van der Waals surface area contributed by atoms with E-state index in [2.05, 4.69) is 10.3 Å². The zero-order chi connectivity index (χ0) is 21.3. The van der Waals surface area contributed by atoms with E-state index >= 15 is 0 Å². The Labute approximate surface area is 165 Å². The Kier molecular flexibility index (Phi) is 6.55. The summed E-state index contributed by atoms with van der Waals surface area (Å²) >= 11 is 11.7. The lowest BCUT2D eigenvalue weighted by atomic mass is 10.2. The highest BCUT2D eigenvalue weighted by Gasteiger charge is 2.35. The Morgan fingerprint density at radius 1 is 1.04 bits per heavy atom. The Morgan fingerprint density at radius 2 is 1.61 bits per heavy atom. The third-order valence-corrected chi connectivity index (χ3v) is 4.24. The topological polar surface area (TPSA) is 46.9 Å². The van der Waals surface area contributed by atoms with Crippen molar-refractivity contribution in [2.24, 2.45) is 0 Å². The lowest BCUT2D eigenvalue weighted by Crippen LogP contribution is -2.27. The van der Waals surface area contributed by atoms with Crippen molar-refractivity contribution in [1.82, 2.24) is 9.55 Å². The van der Waals surface area contributed by atoms with Crippen molar-refractivity contribution in [3.05, 3.63) is 49.9 Å². The summed E-state index contributed by atoms with van der Waals surface area (Å²) in [5.41, 5.74) is -3.86. The summed E-state index contributed by atoms with van der Waals surface area (Å²) in [6.45, 7) is 1.85. The molecule has 12 heteroatoms. The second kappa shape index (κ2) is 8.20. The highest BCUT2D eigenvalue weighted by Crippen LogP contribution is 2.39. The van der Waals surface area contributed by atoms with Crippen LogP contribution in [0.15, 0.2) is 23.0 Å². The van der Waals surface area contributed by atoms with Gasteiger partial charge in [-0.15, -0.1) is 0 Å². The van der Waals surface area contributed by atoms with Gasteiger partial charge in [0.25, 0.3) is 5.56 Å². The predicted octanol–water partition coefficient (Wildman–Crippen LogP) is 6.13. The van der Waals surface area contributed by atoms with Gasteiger partial charge in [-0.05, 0) is 18.6 Å². The minimum absolute atomic E-state index is 0.0404. The second-order valence-electron chi connectivity index (χ2n) is 5.74. The fourth-order valence-electron chi connectivity index (χ4n) is 2.25. The lowest BCUT2D eigenvalue weighted by molar-refractivity contribution is -0.141. The van der Waals surface area contributed by atoms with Crippen LogP contribution >= 0.6 is 23.2 Å². The molecule has 0 saturated carbocycles. The molecule has 0 spiro atoms. The fourth-order valence-corrected chi connectivity index (χ4v) is 2.83. The van der Waals surface area contributed by atoms with Crippen molar-refractivity contribution in [3.8, 4) is 0 Å². The zero-order valence-electron chi connectivity index (χ0n) is 14.2. The molecule has 0 fully saturated rings. The molecule has 0 radical (unpaired) electrons. The number of hydrogen-bond acceptors (Lipinski definition) is 3. The second-order valence-corrected chi connectivity index (χ2v) is 6.56.